The van der Waals surface area contributed by atoms with Crippen LogP contribution in [0.15, 0.2) is 59.9 Å². The van der Waals surface area contributed by atoms with Crippen molar-refractivity contribution >= 4 is 39.7 Å². The number of aromatic amines is 1. The summed E-state index contributed by atoms with van der Waals surface area (Å²) in [4.78, 5) is 19.6. The zero-order valence-corrected chi connectivity index (χ0v) is 16.8. The Labute approximate surface area is 174 Å². The number of carbonyl (C=O) groups is 1. The maximum atomic E-state index is 12.8. The van der Waals surface area contributed by atoms with Crippen LogP contribution in [-0.4, -0.2) is 38.0 Å². The first-order valence-corrected chi connectivity index (χ1v) is 9.88. The molecule has 2 heterocycles. The van der Waals surface area contributed by atoms with Gasteiger partial charge in [0, 0.05) is 10.9 Å². The Balaban J connectivity index is 1.72. The van der Waals surface area contributed by atoms with Crippen molar-refractivity contribution in [3.8, 4) is 0 Å². The van der Waals surface area contributed by atoms with E-state index < -0.39 is 23.4 Å². The summed E-state index contributed by atoms with van der Waals surface area (Å²) in [6.45, 7) is 8.39. The number of alkyl halides is 3. The molecule has 1 aromatic carbocycles. The standard InChI is InChI=1S/C20H18F3N5OS/c1-4-6-14(11(3)20(21,22)23)24-16(29)10-30-19-26-18-17(27-28-19)13-8-7-12(5-2)9-15(13)25-18/h4,6-9H,1,3,5,10H2,2H3,(H,24,29)(H,25,26,28)/b14-6+. The van der Waals surface area contributed by atoms with Crippen molar-refractivity contribution in [1.82, 2.24) is 25.5 Å². The molecule has 10 heteroatoms. The molecule has 2 N–H and O–H groups in total. The van der Waals surface area contributed by atoms with Gasteiger partial charge in [-0.1, -0.05) is 50.1 Å². The Morgan fingerprint density at radius 3 is 2.77 bits per heavy atom. The van der Waals surface area contributed by atoms with Crippen molar-refractivity contribution in [2.24, 2.45) is 0 Å². The van der Waals surface area contributed by atoms with E-state index in [0.717, 1.165) is 46.8 Å². The van der Waals surface area contributed by atoms with Crippen molar-refractivity contribution in [2.75, 3.05) is 5.75 Å². The van der Waals surface area contributed by atoms with E-state index in [1.807, 2.05) is 18.2 Å². The lowest BCUT2D eigenvalue weighted by atomic mass is 10.1. The predicted octanol–water partition coefficient (Wildman–Crippen LogP) is 4.47. The summed E-state index contributed by atoms with van der Waals surface area (Å²) < 4.78 is 38.5. The molecule has 0 saturated heterocycles. The molecule has 0 saturated carbocycles. The maximum Gasteiger partial charge on any atom is 0.417 e. The Morgan fingerprint density at radius 1 is 1.33 bits per heavy atom. The number of fused-ring (bicyclic) bond motifs is 3. The lowest BCUT2D eigenvalue weighted by Crippen LogP contribution is -2.29. The second kappa shape index (κ2) is 8.70. The normalized spacial score (nSPS) is 12.3. The number of halogens is 3. The summed E-state index contributed by atoms with van der Waals surface area (Å²) >= 11 is 0.959. The van der Waals surface area contributed by atoms with E-state index in [9.17, 15) is 18.0 Å². The lowest BCUT2D eigenvalue weighted by molar-refractivity contribution is -0.118. The zero-order valence-electron chi connectivity index (χ0n) is 16.0. The largest absolute Gasteiger partial charge is 0.417 e. The number of thioether (sulfide) groups is 1. The molecule has 0 unspecified atom stereocenters. The van der Waals surface area contributed by atoms with Crippen LogP contribution in [0.2, 0.25) is 0 Å². The Hall–Kier alpha value is -3.14. The highest BCUT2D eigenvalue weighted by Gasteiger charge is 2.34. The molecular formula is C20H18F3N5OS. The summed E-state index contributed by atoms with van der Waals surface area (Å²) in [5.74, 6) is -0.862. The number of carbonyl (C=O) groups excluding carboxylic acids is 1. The number of benzene rings is 1. The molecule has 2 aromatic heterocycles. The van der Waals surface area contributed by atoms with Gasteiger partial charge in [-0.3, -0.25) is 4.79 Å². The van der Waals surface area contributed by atoms with E-state index in [4.69, 9.17) is 0 Å². The minimum atomic E-state index is -4.67. The second-order valence-corrected chi connectivity index (χ2v) is 7.22. The summed E-state index contributed by atoms with van der Waals surface area (Å²) in [5, 5.41) is 11.5. The Bertz CT molecular complexity index is 1170. The number of aromatic nitrogens is 4. The fourth-order valence-corrected chi connectivity index (χ4v) is 3.28. The molecule has 6 nitrogen and oxygen atoms in total. The molecule has 156 valence electrons. The number of nitrogens with one attached hydrogen (secondary N) is 2. The van der Waals surface area contributed by atoms with Gasteiger partial charge in [0.1, 0.15) is 5.52 Å². The van der Waals surface area contributed by atoms with Gasteiger partial charge in [0.15, 0.2) is 5.65 Å². The van der Waals surface area contributed by atoms with Crippen molar-refractivity contribution in [3.05, 3.63) is 60.3 Å². The molecule has 0 bridgehead atoms. The number of nitrogens with zero attached hydrogens (tertiary/aromatic N) is 3. The molecule has 30 heavy (non-hydrogen) atoms. The van der Waals surface area contributed by atoms with Gasteiger partial charge in [-0.05, 0) is 24.1 Å². The van der Waals surface area contributed by atoms with Crippen LogP contribution in [0.1, 0.15) is 12.5 Å². The van der Waals surface area contributed by atoms with E-state index in [0.29, 0.717) is 11.2 Å². The van der Waals surface area contributed by atoms with Crippen LogP contribution < -0.4 is 5.32 Å². The van der Waals surface area contributed by atoms with E-state index in [-0.39, 0.29) is 10.9 Å². The molecule has 0 aliphatic heterocycles. The van der Waals surface area contributed by atoms with Gasteiger partial charge in [-0.25, -0.2) is 4.98 Å². The van der Waals surface area contributed by atoms with Gasteiger partial charge in [0.2, 0.25) is 11.1 Å². The minimum absolute atomic E-state index is 0.201. The molecule has 3 rings (SSSR count). The van der Waals surface area contributed by atoms with Crippen LogP contribution in [0, 0.1) is 0 Å². The van der Waals surface area contributed by atoms with Crippen molar-refractivity contribution < 1.29 is 18.0 Å². The van der Waals surface area contributed by atoms with E-state index in [2.05, 4.69) is 45.6 Å². The first kappa shape index (κ1) is 21.6. The number of hydrogen-bond donors (Lipinski definition) is 2. The van der Waals surface area contributed by atoms with Crippen LogP contribution in [-0.2, 0) is 11.2 Å². The molecule has 3 aromatic rings. The van der Waals surface area contributed by atoms with Crippen molar-refractivity contribution in [2.45, 2.75) is 24.7 Å². The predicted molar refractivity (Wildman–Crippen MR) is 111 cm³/mol. The molecule has 0 fully saturated rings. The number of H-pyrrole nitrogens is 1. The van der Waals surface area contributed by atoms with Crippen LogP contribution in [0.4, 0.5) is 13.2 Å². The van der Waals surface area contributed by atoms with Gasteiger partial charge in [-0.2, -0.15) is 13.2 Å². The van der Waals surface area contributed by atoms with Crippen LogP contribution in [0.3, 0.4) is 0 Å². The number of amides is 1. The number of allylic oxidation sites excluding steroid dienone is 3. The fourth-order valence-electron chi connectivity index (χ4n) is 2.69. The first-order valence-electron chi connectivity index (χ1n) is 8.89. The van der Waals surface area contributed by atoms with Gasteiger partial charge in [0.05, 0.1) is 17.0 Å². The third-order valence-electron chi connectivity index (χ3n) is 4.23. The van der Waals surface area contributed by atoms with E-state index in [1.165, 1.54) is 0 Å². The second-order valence-electron chi connectivity index (χ2n) is 6.28. The molecule has 0 aliphatic rings. The summed E-state index contributed by atoms with van der Waals surface area (Å²) in [5.41, 5.74) is 1.56. The highest BCUT2D eigenvalue weighted by molar-refractivity contribution is 7.99. The number of rotatable bonds is 7. The average Bonchev–Trinajstić information content (AvgIpc) is 3.07. The summed E-state index contributed by atoms with van der Waals surface area (Å²) in [6.07, 6.45) is -1.59. The van der Waals surface area contributed by atoms with Crippen molar-refractivity contribution in [1.29, 1.82) is 0 Å². The lowest BCUT2D eigenvalue weighted by Gasteiger charge is -2.14. The Kier molecular flexibility index (Phi) is 6.25. The van der Waals surface area contributed by atoms with Gasteiger partial charge in [-0.15, -0.1) is 10.2 Å². The SMILES string of the molecule is C=C/C=C(/NC(=O)CSc1nnc2c(n1)[nH]c1cc(CC)ccc12)C(=C)C(F)(F)F. The molecule has 0 aliphatic carbocycles. The molecule has 0 radical (unpaired) electrons. The van der Waals surface area contributed by atoms with Gasteiger partial charge < -0.3 is 10.3 Å². The molecular weight excluding hydrogens is 415 g/mol. The highest BCUT2D eigenvalue weighted by Crippen LogP contribution is 2.29. The molecule has 1 amide bonds. The van der Waals surface area contributed by atoms with E-state index >= 15 is 0 Å². The van der Waals surface area contributed by atoms with Crippen LogP contribution in [0.5, 0.6) is 0 Å². The van der Waals surface area contributed by atoms with Crippen molar-refractivity contribution in [3.63, 3.8) is 0 Å². The quantitative estimate of drug-likeness (QED) is 0.424. The maximum absolute atomic E-state index is 12.8. The Morgan fingerprint density at radius 2 is 2.10 bits per heavy atom. The van der Waals surface area contributed by atoms with Crippen LogP contribution >= 0.6 is 11.8 Å². The first-order chi connectivity index (χ1) is 14.2. The third-order valence-corrected chi connectivity index (χ3v) is 5.06. The zero-order chi connectivity index (χ0) is 21.9. The van der Waals surface area contributed by atoms with Crippen LogP contribution in [0.25, 0.3) is 22.1 Å². The number of aryl methyl sites for hydroxylation is 1. The average molecular weight is 433 g/mol. The smallest absolute Gasteiger partial charge is 0.338 e. The minimum Gasteiger partial charge on any atom is -0.338 e. The fraction of sp³-hybridized carbons (Fsp3) is 0.200. The summed E-state index contributed by atoms with van der Waals surface area (Å²) in [6, 6.07) is 5.97. The third kappa shape index (κ3) is 4.70. The molecule has 0 spiro atoms. The number of hydrogen-bond acceptors (Lipinski definition) is 5. The van der Waals surface area contributed by atoms with Gasteiger partial charge >= 0.3 is 6.18 Å². The topological polar surface area (TPSA) is 83.6 Å². The summed E-state index contributed by atoms with van der Waals surface area (Å²) in [7, 11) is 0. The molecule has 0 atom stereocenters. The van der Waals surface area contributed by atoms with Gasteiger partial charge in [0.25, 0.3) is 0 Å². The van der Waals surface area contributed by atoms with E-state index in [1.54, 1.807) is 0 Å². The highest BCUT2D eigenvalue weighted by atomic mass is 32.2. The monoisotopic (exact) mass is 433 g/mol.